The highest BCUT2D eigenvalue weighted by Crippen LogP contribution is 2.24. The molecule has 1 aromatic heterocycles. The van der Waals surface area contributed by atoms with Crippen LogP contribution in [0.25, 0.3) is 0 Å². The number of nitrogens with zero attached hydrogens (tertiary/aromatic N) is 3. The number of rotatable bonds is 9. The van der Waals surface area contributed by atoms with Gasteiger partial charge in [0.05, 0.1) is 6.04 Å². The van der Waals surface area contributed by atoms with Crippen LogP contribution in [0.4, 0.5) is 0 Å². The third-order valence-electron chi connectivity index (χ3n) is 6.06. The van der Waals surface area contributed by atoms with E-state index < -0.39 is 11.8 Å². The molecule has 1 aliphatic carbocycles. The molecule has 1 aliphatic heterocycles. The lowest BCUT2D eigenvalue weighted by atomic mass is 9.88. The van der Waals surface area contributed by atoms with Crippen LogP contribution in [-0.2, 0) is 11.3 Å². The molecule has 0 bridgehead atoms. The molecule has 2 aliphatic rings. The van der Waals surface area contributed by atoms with Gasteiger partial charge < -0.3 is 10.2 Å². The zero-order chi connectivity index (χ0) is 20.8. The number of aromatic nitrogens is 2. The second-order valence-electron chi connectivity index (χ2n) is 8.86. The summed E-state index contributed by atoms with van der Waals surface area (Å²) in [7, 11) is 0. The molecule has 1 atom stereocenters. The normalized spacial score (nSPS) is 19.6. The number of hydrogen-bond acceptors (Lipinski definition) is 6. The number of amides is 1. The quantitative estimate of drug-likeness (QED) is 0.632. The summed E-state index contributed by atoms with van der Waals surface area (Å²) in [6.45, 7) is 7.10. The summed E-state index contributed by atoms with van der Waals surface area (Å²) in [5.74, 6) is -0.806. The zero-order valence-corrected chi connectivity index (χ0v) is 17.7. The number of ketones is 1. The third-order valence-corrected chi connectivity index (χ3v) is 6.06. The van der Waals surface area contributed by atoms with E-state index in [9.17, 15) is 14.4 Å². The van der Waals surface area contributed by atoms with Gasteiger partial charge in [-0.05, 0) is 51.1 Å². The number of nitrogens with one attached hydrogen (secondary N) is 1. The van der Waals surface area contributed by atoms with Gasteiger partial charge in [0.25, 0.3) is 0 Å². The van der Waals surface area contributed by atoms with Gasteiger partial charge in [0.2, 0.25) is 17.5 Å². The fourth-order valence-corrected chi connectivity index (χ4v) is 4.40. The van der Waals surface area contributed by atoms with Crippen LogP contribution in [0.1, 0.15) is 75.8 Å². The Morgan fingerprint density at radius 2 is 1.79 bits per heavy atom. The molecule has 0 radical (unpaired) electrons. The van der Waals surface area contributed by atoms with Crippen LogP contribution in [0.15, 0.2) is 9.32 Å². The van der Waals surface area contributed by atoms with E-state index in [1.807, 2.05) is 13.8 Å². The van der Waals surface area contributed by atoms with Gasteiger partial charge in [-0.25, -0.2) is 4.79 Å². The number of Topliss-reactive ketones (excluding diaryl/α,β-unsaturated/α-hetero) is 1. The van der Waals surface area contributed by atoms with E-state index in [1.54, 1.807) is 0 Å². The van der Waals surface area contributed by atoms with Gasteiger partial charge in [-0.15, -0.1) is 0 Å². The predicted molar refractivity (Wildman–Crippen MR) is 109 cm³/mol. The highest BCUT2D eigenvalue weighted by Gasteiger charge is 2.31. The van der Waals surface area contributed by atoms with Gasteiger partial charge in [0.1, 0.15) is 0 Å². The van der Waals surface area contributed by atoms with Crippen molar-refractivity contribution in [1.82, 2.24) is 19.9 Å². The summed E-state index contributed by atoms with van der Waals surface area (Å²) in [6, 6.07) is -0.688. The Morgan fingerprint density at radius 1 is 1.10 bits per heavy atom. The Morgan fingerprint density at radius 3 is 2.45 bits per heavy atom. The van der Waals surface area contributed by atoms with E-state index in [0.29, 0.717) is 19.5 Å². The van der Waals surface area contributed by atoms with Crippen LogP contribution in [0.3, 0.4) is 0 Å². The van der Waals surface area contributed by atoms with Crippen molar-refractivity contribution in [2.75, 3.05) is 19.6 Å². The van der Waals surface area contributed by atoms with Crippen molar-refractivity contribution in [2.45, 2.75) is 77.8 Å². The lowest BCUT2D eigenvalue weighted by Gasteiger charge is -2.25. The van der Waals surface area contributed by atoms with E-state index in [2.05, 4.69) is 15.4 Å². The molecule has 0 spiro atoms. The molecule has 0 aromatic carbocycles. The number of hydrogen-bond donors (Lipinski definition) is 1. The summed E-state index contributed by atoms with van der Waals surface area (Å²) in [6.07, 6.45) is 7.85. The van der Waals surface area contributed by atoms with Crippen LogP contribution in [0.2, 0.25) is 0 Å². The minimum absolute atomic E-state index is 0.0174. The van der Waals surface area contributed by atoms with Crippen molar-refractivity contribution in [3.05, 3.63) is 16.4 Å². The van der Waals surface area contributed by atoms with Crippen molar-refractivity contribution in [3.8, 4) is 0 Å². The maximum absolute atomic E-state index is 13.2. The van der Waals surface area contributed by atoms with Crippen LogP contribution in [-0.4, -0.2) is 52.0 Å². The topological polar surface area (TPSA) is 97.4 Å². The third kappa shape index (κ3) is 5.78. The van der Waals surface area contributed by atoms with E-state index >= 15 is 0 Å². The first-order valence-electron chi connectivity index (χ1n) is 11.1. The van der Waals surface area contributed by atoms with Crippen molar-refractivity contribution in [3.63, 3.8) is 0 Å². The van der Waals surface area contributed by atoms with Crippen LogP contribution >= 0.6 is 0 Å². The molecule has 1 saturated carbocycles. The predicted octanol–water partition coefficient (Wildman–Crippen LogP) is 2.23. The van der Waals surface area contributed by atoms with Crippen molar-refractivity contribution < 1.29 is 14.1 Å². The fraction of sp³-hybridized carbons (Fsp3) is 0.810. The van der Waals surface area contributed by atoms with Crippen molar-refractivity contribution in [1.29, 1.82) is 0 Å². The molecule has 1 aromatic rings. The maximum Gasteiger partial charge on any atom is 0.441 e. The highest BCUT2D eigenvalue weighted by molar-refractivity contribution is 5.99. The smallest absolute Gasteiger partial charge is 0.346 e. The van der Waals surface area contributed by atoms with Gasteiger partial charge >= 0.3 is 5.76 Å². The summed E-state index contributed by atoms with van der Waals surface area (Å²) < 4.78 is 6.13. The van der Waals surface area contributed by atoms with Gasteiger partial charge in [-0.2, -0.15) is 0 Å². The van der Waals surface area contributed by atoms with Gasteiger partial charge in [-0.3, -0.25) is 18.7 Å². The first kappa shape index (κ1) is 21.7. The second-order valence-corrected chi connectivity index (χ2v) is 8.86. The standard InChI is InChI=1S/C21H34N4O4/c1-15(2)14-17(22-20(27)16-8-4-3-5-9-16)18(26)19-23-29-21(28)25(19)13-12-24-10-6-7-11-24/h15-17H,3-14H2,1-2H3,(H,22,27). The minimum atomic E-state index is -0.688. The molecule has 1 unspecified atom stereocenters. The summed E-state index contributed by atoms with van der Waals surface area (Å²) in [5, 5.41) is 6.72. The molecule has 8 nitrogen and oxygen atoms in total. The SMILES string of the molecule is CC(C)CC(NC(=O)C1CCCCC1)C(=O)c1noc(=O)n1CCN1CCCC1. The lowest BCUT2D eigenvalue weighted by molar-refractivity contribution is -0.126. The van der Waals surface area contributed by atoms with E-state index in [4.69, 9.17) is 4.52 Å². The van der Waals surface area contributed by atoms with Crippen molar-refractivity contribution in [2.24, 2.45) is 11.8 Å². The Kier molecular flexibility index (Phi) is 7.64. The molecule has 1 amide bonds. The molecule has 2 fully saturated rings. The zero-order valence-electron chi connectivity index (χ0n) is 17.7. The van der Waals surface area contributed by atoms with E-state index in [1.165, 1.54) is 11.0 Å². The first-order valence-corrected chi connectivity index (χ1v) is 11.1. The Labute approximate surface area is 172 Å². The Balaban J connectivity index is 1.71. The molecule has 162 valence electrons. The second kappa shape index (κ2) is 10.2. The van der Waals surface area contributed by atoms with E-state index in [0.717, 1.165) is 51.6 Å². The van der Waals surface area contributed by atoms with Crippen LogP contribution < -0.4 is 11.1 Å². The molecular formula is C21H34N4O4. The lowest BCUT2D eigenvalue weighted by Crippen LogP contribution is -2.46. The molecule has 8 heteroatoms. The Hall–Kier alpha value is -1.96. The van der Waals surface area contributed by atoms with Crippen molar-refractivity contribution >= 4 is 11.7 Å². The van der Waals surface area contributed by atoms with Crippen LogP contribution in [0.5, 0.6) is 0 Å². The van der Waals surface area contributed by atoms with Gasteiger partial charge in [-0.1, -0.05) is 38.3 Å². The maximum atomic E-state index is 13.2. The fourth-order valence-electron chi connectivity index (χ4n) is 4.40. The Bertz CT molecular complexity index is 742. The van der Waals surface area contributed by atoms with Gasteiger partial charge in [0.15, 0.2) is 0 Å². The first-order chi connectivity index (χ1) is 14.0. The number of carbonyl (C=O) groups is 2. The summed E-state index contributed by atoms with van der Waals surface area (Å²) >= 11 is 0. The van der Waals surface area contributed by atoms with Gasteiger partial charge in [0, 0.05) is 19.0 Å². The molecule has 1 saturated heterocycles. The average Bonchev–Trinajstić information content (AvgIpc) is 3.35. The van der Waals surface area contributed by atoms with Crippen LogP contribution in [0, 0.1) is 11.8 Å². The summed E-state index contributed by atoms with van der Waals surface area (Å²) in [5.41, 5.74) is 0. The number of carbonyl (C=O) groups excluding carboxylic acids is 2. The largest absolute Gasteiger partial charge is 0.441 e. The number of likely N-dealkylation sites (tertiary alicyclic amines) is 1. The molecule has 3 rings (SSSR count). The monoisotopic (exact) mass is 406 g/mol. The summed E-state index contributed by atoms with van der Waals surface area (Å²) in [4.78, 5) is 40.4. The average molecular weight is 407 g/mol. The molecule has 1 N–H and O–H groups in total. The van der Waals surface area contributed by atoms with E-state index in [-0.39, 0.29) is 29.4 Å². The highest BCUT2D eigenvalue weighted by atomic mass is 16.5. The molecule has 29 heavy (non-hydrogen) atoms. The molecular weight excluding hydrogens is 372 g/mol. The minimum Gasteiger partial charge on any atom is -0.346 e. The molecule has 2 heterocycles.